The molecule has 1 N–H and O–H groups in total. The smallest absolute Gasteiger partial charge is 0.403 e. The maximum atomic E-state index is 12.5. The van der Waals surface area contributed by atoms with Crippen LogP contribution in [0, 0.1) is 0 Å². The van der Waals surface area contributed by atoms with Gasteiger partial charge in [0.05, 0.1) is 14.8 Å². The molecule has 1 amide bonds. The molecular weight excluding hydrogens is 367 g/mol. The van der Waals surface area contributed by atoms with E-state index in [0.717, 1.165) is 23.5 Å². The van der Waals surface area contributed by atoms with E-state index >= 15 is 0 Å². The van der Waals surface area contributed by atoms with Crippen molar-refractivity contribution in [3.05, 3.63) is 51.2 Å². The first-order valence-corrected chi connectivity index (χ1v) is 7.60. The number of rotatable bonds is 3. The van der Waals surface area contributed by atoms with Crippen LogP contribution in [-0.4, -0.2) is 16.1 Å². The highest BCUT2D eigenvalue weighted by molar-refractivity contribution is 7.18. The summed E-state index contributed by atoms with van der Waals surface area (Å²) in [5, 5.41) is 9.72. The summed E-state index contributed by atoms with van der Waals surface area (Å²) in [4.78, 5) is 12.3. The third-order valence-electron chi connectivity index (χ3n) is 2.90. The molecule has 5 nitrogen and oxygen atoms in total. The number of alkyl halides is 3. The van der Waals surface area contributed by atoms with E-state index < -0.39 is 17.6 Å². The molecule has 0 saturated heterocycles. The van der Waals surface area contributed by atoms with Crippen molar-refractivity contribution in [3.8, 4) is 11.5 Å². The highest BCUT2D eigenvalue weighted by Crippen LogP contribution is 2.31. The molecule has 124 valence electrons. The fourth-order valence-corrected chi connectivity index (χ4v) is 2.73. The minimum absolute atomic E-state index is 0.0109. The molecule has 2 aromatic heterocycles. The Morgan fingerprint density at radius 3 is 2.42 bits per heavy atom. The third kappa shape index (κ3) is 3.57. The second kappa shape index (κ2) is 6.25. The van der Waals surface area contributed by atoms with Gasteiger partial charge in [-0.1, -0.05) is 16.7 Å². The number of benzene rings is 1. The number of hydrogen-bond donors (Lipinski definition) is 1. The maximum absolute atomic E-state index is 12.5. The second-order valence-electron chi connectivity index (χ2n) is 4.55. The predicted octanol–water partition coefficient (Wildman–Crippen LogP) is 4.72. The zero-order valence-electron chi connectivity index (χ0n) is 11.6. The van der Waals surface area contributed by atoms with Crippen molar-refractivity contribution in [1.82, 2.24) is 10.2 Å². The number of thiophene rings is 1. The van der Waals surface area contributed by atoms with Gasteiger partial charge in [-0.15, -0.1) is 16.4 Å². The van der Waals surface area contributed by atoms with Crippen LogP contribution in [0.3, 0.4) is 0 Å². The minimum Gasteiger partial charge on any atom is -0.403 e. The number of amides is 1. The van der Waals surface area contributed by atoms with Gasteiger partial charge in [-0.2, -0.15) is 13.2 Å². The summed E-state index contributed by atoms with van der Waals surface area (Å²) in [7, 11) is 0. The van der Waals surface area contributed by atoms with Gasteiger partial charge in [0.1, 0.15) is 0 Å². The van der Waals surface area contributed by atoms with Gasteiger partial charge in [0.15, 0.2) is 0 Å². The molecule has 10 heteroatoms. The molecule has 0 spiro atoms. The average Bonchev–Trinajstić information content (AvgIpc) is 3.16. The lowest BCUT2D eigenvalue weighted by Gasteiger charge is -2.05. The highest BCUT2D eigenvalue weighted by Gasteiger charge is 2.30. The molecule has 0 aliphatic heterocycles. The molecule has 0 aliphatic carbocycles. The standard InChI is InChI=1S/C14H7ClF3N3O2S/c15-10-6-5-9(24-10)11(22)19-13-21-20-12(23-13)7-1-3-8(4-2-7)14(16,17)18/h1-6H,(H,19,21,22). The van der Waals surface area contributed by atoms with Crippen LogP contribution >= 0.6 is 22.9 Å². The fourth-order valence-electron chi connectivity index (χ4n) is 1.79. The lowest BCUT2D eigenvalue weighted by atomic mass is 10.1. The Bertz CT molecular complexity index is 874. The van der Waals surface area contributed by atoms with E-state index in [1.165, 1.54) is 18.2 Å². The number of aromatic nitrogens is 2. The third-order valence-corrected chi connectivity index (χ3v) is 4.13. The number of anilines is 1. The van der Waals surface area contributed by atoms with Gasteiger partial charge >= 0.3 is 12.2 Å². The molecule has 0 bridgehead atoms. The number of halogens is 4. The first-order valence-electron chi connectivity index (χ1n) is 6.41. The molecule has 0 radical (unpaired) electrons. The molecular formula is C14H7ClF3N3O2S. The van der Waals surface area contributed by atoms with Crippen LogP contribution in [0.5, 0.6) is 0 Å². The van der Waals surface area contributed by atoms with Gasteiger partial charge in [0, 0.05) is 5.56 Å². The summed E-state index contributed by atoms with van der Waals surface area (Å²) >= 11 is 6.82. The average molecular weight is 374 g/mol. The molecule has 3 aromatic rings. The Balaban J connectivity index is 1.74. The molecule has 2 heterocycles. The zero-order chi connectivity index (χ0) is 17.3. The Labute approximate surface area is 142 Å². The Kier molecular flexibility index (Phi) is 4.29. The summed E-state index contributed by atoms with van der Waals surface area (Å²) in [6.07, 6.45) is -4.42. The van der Waals surface area contributed by atoms with E-state index in [-0.39, 0.29) is 11.9 Å². The van der Waals surface area contributed by atoms with E-state index in [4.69, 9.17) is 16.0 Å². The van der Waals surface area contributed by atoms with Crippen molar-refractivity contribution in [2.75, 3.05) is 5.32 Å². The van der Waals surface area contributed by atoms with Crippen LogP contribution in [-0.2, 0) is 6.18 Å². The van der Waals surface area contributed by atoms with Gasteiger partial charge in [0.25, 0.3) is 5.91 Å². The number of carbonyl (C=O) groups is 1. The van der Waals surface area contributed by atoms with Crippen molar-refractivity contribution in [3.63, 3.8) is 0 Å². The van der Waals surface area contributed by atoms with E-state index in [1.54, 1.807) is 6.07 Å². The van der Waals surface area contributed by atoms with Gasteiger partial charge in [-0.05, 0) is 36.4 Å². The monoisotopic (exact) mass is 373 g/mol. The maximum Gasteiger partial charge on any atom is 0.416 e. The Hall–Kier alpha value is -2.39. The Morgan fingerprint density at radius 1 is 1.12 bits per heavy atom. The van der Waals surface area contributed by atoms with E-state index in [2.05, 4.69) is 15.5 Å². The molecule has 0 atom stereocenters. The summed E-state index contributed by atoms with van der Waals surface area (Å²) < 4.78 is 43.3. The SMILES string of the molecule is O=C(Nc1nnc(-c2ccc(C(F)(F)F)cc2)o1)c1ccc(Cl)s1. The summed E-state index contributed by atoms with van der Waals surface area (Å²) in [5.41, 5.74) is -0.482. The van der Waals surface area contributed by atoms with Crippen molar-refractivity contribution >= 4 is 34.9 Å². The highest BCUT2D eigenvalue weighted by atomic mass is 35.5. The van der Waals surface area contributed by atoms with Crippen LogP contribution in [0.15, 0.2) is 40.8 Å². The number of nitrogens with zero attached hydrogens (tertiary/aromatic N) is 2. The second-order valence-corrected chi connectivity index (χ2v) is 6.26. The van der Waals surface area contributed by atoms with Crippen LogP contribution in [0.1, 0.15) is 15.2 Å². The topological polar surface area (TPSA) is 68.0 Å². The number of nitrogens with one attached hydrogen (secondary N) is 1. The number of hydrogen-bond acceptors (Lipinski definition) is 5. The van der Waals surface area contributed by atoms with Crippen LogP contribution < -0.4 is 5.32 Å². The Morgan fingerprint density at radius 2 is 1.83 bits per heavy atom. The first kappa shape index (κ1) is 16.5. The molecule has 0 saturated carbocycles. The van der Waals surface area contributed by atoms with E-state index in [0.29, 0.717) is 14.8 Å². The van der Waals surface area contributed by atoms with E-state index in [1.807, 2.05) is 0 Å². The number of carbonyl (C=O) groups excluding carboxylic acids is 1. The van der Waals surface area contributed by atoms with Crippen molar-refractivity contribution < 1.29 is 22.4 Å². The molecule has 0 aliphatic rings. The molecule has 1 aromatic carbocycles. The van der Waals surface area contributed by atoms with Crippen molar-refractivity contribution in [2.45, 2.75) is 6.18 Å². The normalized spacial score (nSPS) is 11.5. The van der Waals surface area contributed by atoms with Crippen molar-refractivity contribution in [1.29, 1.82) is 0 Å². The van der Waals surface area contributed by atoms with E-state index in [9.17, 15) is 18.0 Å². The largest absolute Gasteiger partial charge is 0.416 e. The molecule has 3 rings (SSSR count). The van der Waals surface area contributed by atoms with Crippen LogP contribution in [0.25, 0.3) is 11.5 Å². The fraction of sp³-hybridized carbons (Fsp3) is 0.0714. The minimum atomic E-state index is -4.42. The lowest BCUT2D eigenvalue weighted by molar-refractivity contribution is -0.137. The van der Waals surface area contributed by atoms with Crippen molar-refractivity contribution in [2.24, 2.45) is 0 Å². The summed E-state index contributed by atoms with van der Waals surface area (Å²) in [6.45, 7) is 0. The molecule has 24 heavy (non-hydrogen) atoms. The van der Waals surface area contributed by atoms with Crippen LogP contribution in [0.4, 0.5) is 19.2 Å². The molecule has 0 fully saturated rings. The van der Waals surface area contributed by atoms with Crippen LogP contribution in [0.2, 0.25) is 4.34 Å². The predicted molar refractivity (Wildman–Crippen MR) is 82.0 cm³/mol. The molecule has 0 unspecified atom stereocenters. The zero-order valence-corrected chi connectivity index (χ0v) is 13.2. The summed E-state index contributed by atoms with van der Waals surface area (Å²) in [5.74, 6) is -0.488. The first-order chi connectivity index (χ1) is 11.3. The quantitative estimate of drug-likeness (QED) is 0.721. The van der Waals surface area contributed by atoms with Gasteiger partial charge in [-0.3, -0.25) is 10.1 Å². The van der Waals surface area contributed by atoms with Gasteiger partial charge in [-0.25, -0.2) is 0 Å². The lowest BCUT2D eigenvalue weighted by Crippen LogP contribution is -2.10. The summed E-state index contributed by atoms with van der Waals surface area (Å²) in [6, 6.07) is 7.18. The van der Waals surface area contributed by atoms with Gasteiger partial charge < -0.3 is 4.42 Å². The van der Waals surface area contributed by atoms with Gasteiger partial charge in [0.2, 0.25) is 5.89 Å².